The van der Waals surface area contributed by atoms with Gasteiger partial charge in [-0.05, 0) is 30.3 Å². The molecular weight excluding hydrogens is 326 g/mol. The summed E-state index contributed by atoms with van der Waals surface area (Å²) in [7, 11) is 0. The fourth-order valence-corrected chi connectivity index (χ4v) is 2.04. The smallest absolute Gasteiger partial charge is 0.337 e. The van der Waals surface area contributed by atoms with Gasteiger partial charge in [-0.15, -0.1) is 5.75 Å². The first-order chi connectivity index (χ1) is 9.47. The van der Waals surface area contributed by atoms with Crippen molar-refractivity contribution in [1.29, 1.82) is 0 Å². The van der Waals surface area contributed by atoms with Gasteiger partial charge in [0.25, 0.3) is 5.91 Å². The average Bonchev–Trinajstić information content (AvgIpc) is 2.38. The van der Waals surface area contributed by atoms with Gasteiger partial charge in [-0.25, -0.2) is 4.79 Å². The lowest BCUT2D eigenvalue weighted by Gasteiger charge is -2.12. The number of carbonyl (C=O) groups excluding carboxylic acids is 1. The summed E-state index contributed by atoms with van der Waals surface area (Å²) >= 11 is 3.24. The minimum Gasteiger partial charge on any atom is -0.872 e. The molecule has 0 saturated heterocycles. The Morgan fingerprint density at radius 3 is 2.55 bits per heavy atom. The number of rotatable bonds is 3. The number of carbonyl (C=O) groups is 2. The van der Waals surface area contributed by atoms with E-state index in [9.17, 15) is 14.7 Å². The Hall–Kier alpha value is -2.34. The maximum absolute atomic E-state index is 12.0. The Labute approximate surface area is 123 Å². The van der Waals surface area contributed by atoms with Crippen molar-refractivity contribution in [3.63, 3.8) is 0 Å². The standard InChI is InChI=1S/C14H10BrNO4/c15-9-3-1-2-8(6-9)13(18)16-12-7-10(17)4-5-11(12)14(19)20/h1-7,17H,(H,16,18)(H,19,20)/p-1. The Bertz CT molecular complexity index is 685. The number of hydrogen-bond acceptors (Lipinski definition) is 3. The van der Waals surface area contributed by atoms with E-state index in [2.05, 4.69) is 21.2 Å². The molecule has 1 amide bonds. The summed E-state index contributed by atoms with van der Waals surface area (Å²) in [4.78, 5) is 23.1. The molecule has 6 heteroatoms. The Balaban J connectivity index is 2.32. The lowest BCUT2D eigenvalue weighted by molar-refractivity contribution is -0.268. The zero-order chi connectivity index (χ0) is 14.7. The maximum Gasteiger partial charge on any atom is 0.337 e. The quantitative estimate of drug-likeness (QED) is 0.902. The van der Waals surface area contributed by atoms with Crippen molar-refractivity contribution in [3.05, 3.63) is 58.1 Å². The number of amides is 1. The summed E-state index contributed by atoms with van der Waals surface area (Å²) in [6.45, 7) is 0. The van der Waals surface area contributed by atoms with Crippen LogP contribution in [0.2, 0.25) is 0 Å². The van der Waals surface area contributed by atoms with Gasteiger partial charge in [-0.3, -0.25) is 4.79 Å². The van der Waals surface area contributed by atoms with E-state index < -0.39 is 11.9 Å². The molecule has 5 nitrogen and oxygen atoms in total. The summed E-state index contributed by atoms with van der Waals surface area (Å²) in [5, 5.41) is 22.7. The normalized spacial score (nSPS) is 10.1. The topological polar surface area (TPSA) is 89.5 Å². The van der Waals surface area contributed by atoms with E-state index in [1.54, 1.807) is 24.3 Å². The van der Waals surface area contributed by atoms with Crippen molar-refractivity contribution in [2.75, 3.05) is 5.32 Å². The Morgan fingerprint density at radius 1 is 1.15 bits per heavy atom. The minimum atomic E-state index is -1.21. The Kier molecular flexibility index (Phi) is 4.05. The molecule has 0 radical (unpaired) electrons. The maximum atomic E-state index is 12.0. The van der Waals surface area contributed by atoms with Crippen LogP contribution in [0.3, 0.4) is 0 Å². The molecule has 0 heterocycles. The van der Waals surface area contributed by atoms with Crippen LogP contribution in [-0.2, 0) is 0 Å². The average molecular weight is 335 g/mol. The number of hydrogen-bond donors (Lipinski definition) is 2. The van der Waals surface area contributed by atoms with Crippen molar-refractivity contribution < 1.29 is 19.8 Å². The van der Waals surface area contributed by atoms with Gasteiger partial charge in [0, 0.05) is 10.0 Å². The molecule has 0 unspecified atom stereocenters. The molecule has 102 valence electrons. The van der Waals surface area contributed by atoms with Crippen molar-refractivity contribution in [2.45, 2.75) is 0 Å². The van der Waals surface area contributed by atoms with Gasteiger partial charge in [-0.1, -0.05) is 28.1 Å². The van der Waals surface area contributed by atoms with Gasteiger partial charge < -0.3 is 15.5 Å². The van der Waals surface area contributed by atoms with Gasteiger partial charge >= 0.3 is 5.97 Å². The molecule has 0 aromatic heterocycles. The first kappa shape index (κ1) is 14.1. The summed E-state index contributed by atoms with van der Waals surface area (Å²) in [6, 6.07) is 10.0. The first-order valence-electron chi connectivity index (χ1n) is 5.58. The summed E-state index contributed by atoms with van der Waals surface area (Å²) in [6.07, 6.45) is 0. The molecule has 2 aromatic rings. The summed E-state index contributed by atoms with van der Waals surface area (Å²) in [5.41, 5.74) is 0.204. The molecule has 0 fully saturated rings. The van der Waals surface area contributed by atoms with E-state index in [0.717, 1.165) is 16.6 Å². The van der Waals surface area contributed by atoms with E-state index in [0.29, 0.717) is 5.56 Å². The predicted molar refractivity (Wildman–Crippen MR) is 74.9 cm³/mol. The fourth-order valence-electron chi connectivity index (χ4n) is 1.64. The molecule has 2 aromatic carbocycles. The zero-order valence-electron chi connectivity index (χ0n) is 10.1. The third kappa shape index (κ3) is 3.16. The second-order valence-electron chi connectivity index (χ2n) is 3.98. The monoisotopic (exact) mass is 334 g/mol. The molecule has 0 aliphatic rings. The number of aromatic carboxylic acids is 1. The van der Waals surface area contributed by atoms with Crippen LogP contribution in [-0.4, -0.2) is 17.0 Å². The van der Waals surface area contributed by atoms with Crippen molar-refractivity contribution >= 4 is 33.5 Å². The van der Waals surface area contributed by atoms with E-state index >= 15 is 0 Å². The van der Waals surface area contributed by atoms with Crippen molar-refractivity contribution in [1.82, 2.24) is 0 Å². The van der Waals surface area contributed by atoms with Gasteiger partial charge in [0.05, 0.1) is 11.3 Å². The van der Waals surface area contributed by atoms with Gasteiger partial charge in [0.1, 0.15) is 0 Å². The largest absolute Gasteiger partial charge is 0.872 e. The van der Waals surface area contributed by atoms with Gasteiger partial charge in [0.2, 0.25) is 0 Å². The second kappa shape index (κ2) is 5.75. The molecule has 0 aliphatic carbocycles. The van der Waals surface area contributed by atoms with Crippen LogP contribution in [0.15, 0.2) is 46.9 Å². The minimum absolute atomic E-state index is 0.0185. The molecule has 0 saturated carbocycles. The van der Waals surface area contributed by atoms with Crippen LogP contribution < -0.4 is 10.4 Å². The van der Waals surface area contributed by atoms with Crippen LogP contribution in [0.25, 0.3) is 0 Å². The van der Waals surface area contributed by atoms with Crippen LogP contribution in [0.4, 0.5) is 5.69 Å². The third-order valence-corrected chi connectivity index (χ3v) is 3.05. The van der Waals surface area contributed by atoms with E-state index in [-0.39, 0.29) is 17.0 Å². The molecule has 0 bridgehead atoms. The lowest BCUT2D eigenvalue weighted by atomic mass is 10.1. The highest BCUT2D eigenvalue weighted by molar-refractivity contribution is 9.10. The first-order valence-corrected chi connectivity index (χ1v) is 6.38. The van der Waals surface area contributed by atoms with E-state index in [4.69, 9.17) is 5.11 Å². The van der Waals surface area contributed by atoms with Crippen LogP contribution in [0.1, 0.15) is 20.7 Å². The van der Waals surface area contributed by atoms with Gasteiger partial charge in [-0.2, -0.15) is 0 Å². The van der Waals surface area contributed by atoms with Crippen molar-refractivity contribution in [3.8, 4) is 5.75 Å². The highest BCUT2D eigenvalue weighted by Crippen LogP contribution is 2.21. The fraction of sp³-hybridized carbons (Fsp3) is 0. The van der Waals surface area contributed by atoms with E-state index in [1.165, 1.54) is 6.07 Å². The molecule has 0 spiro atoms. The highest BCUT2D eigenvalue weighted by Gasteiger charge is 2.13. The lowest BCUT2D eigenvalue weighted by Crippen LogP contribution is -2.15. The number of carboxylic acid groups (broad SMARTS) is 1. The molecule has 0 atom stereocenters. The van der Waals surface area contributed by atoms with Gasteiger partial charge in [0.15, 0.2) is 0 Å². The zero-order valence-corrected chi connectivity index (χ0v) is 11.7. The molecule has 2 rings (SSSR count). The number of benzene rings is 2. The number of halogens is 1. The summed E-state index contributed by atoms with van der Waals surface area (Å²) in [5.74, 6) is -2.08. The molecule has 20 heavy (non-hydrogen) atoms. The molecule has 0 aliphatic heterocycles. The second-order valence-corrected chi connectivity index (χ2v) is 4.89. The predicted octanol–water partition coefficient (Wildman–Crippen LogP) is 2.47. The SMILES string of the molecule is O=C(Nc1cc([O-])ccc1C(=O)O)c1cccc(Br)c1. The van der Waals surface area contributed by atoms with Crippen LogP contribution in [0.5, 0.6) is 5.75 Å². The van der Waals surface area contributed by atoms with E-state index in [1.807, 2.05) is 0 Å². The molecule has 2 N–H and O–H groups in total. The molecular formula is C14H9BrNO4-. The number of carboxylic acids is 1. The number of anilines is 1. The summed E-state index contributed by atoms with van der Waals surface area (Å²) < 4.78 is 0.723. The van der Waals surface area contributed by atoms with Crippen LogP contribution >= 0.6 is 15.9 Å². The highest BCUT2D eigenvalue weighted by atomic mass is 79.9. The Morgan fingerprint density at radius 2 is 1.90 bits per heavy atom. The van der Waals surface area contributed by atoms with Crippen LogP contribution in [0, 0.1) is 0 Å². The number of nitrogens with one attached hydrogen (secondary N) is 1. The van der Waals surface area contributed by atoms with Crippen molar-refractivity contribution in [2.24, 2.45) is 0 Å². The third-order valence-electron chi connectivity index (χ3n) is 2.56.